The van der Waals surface area contributed by atoms with E-state index in [1.807, 2.05) is 25.3 Å². The lowest BCUT2D eigenvalue weighted by molar-refractivity contribution is 0.822. The van der Waals surface area contributed by atoms with Gasteiger partial charge in [0.2, 0.25) is 0 Å². The molecular weight excluding hydrogens is 229 g/mol. The lowest BCUT2D eigenvalue weighted by atomic mass is 10.2. The molecule has 0 unspecified atom stereocenters. The number of rotatable bonds is 2. The molecule has 1 heterocycles. The second-order valence-electron chi connectivity index (χ2n) is 3.72. The van der Waals surface area contributed by atoms with Crippen LogP contribution in [0.15, 0.2) is 36.5 Å². The molecule has 78 valence electrons. The number of aromatic nitrogens is 1. The molecule has 0 aliphatic heterocycles. The van der Waals surface area contributed by atoms with Gasteiger partial charge < -0.3 is 4.57 Å². The van der Waals surface area contributed by atoms with E-state index in [0.29, 0.717) is 10.0 Å². The predicted octanol–water partition coefficient (Wildman–Crippen LogP) is 4.52. The van der Waals surface area contributed by atoms with Gasteiger partial charge in [-0.25, -0.2) is 0 Å². The topological polar surface area (TPSA) is 4.93 Å². The Morgan fingerprint density at radius 2 is 2.13 bits per heavy atom. The zero-order valence-corrected chi connectivity index (χ0v) is 9.94. The van der Waals surface area contributed by atoms with E-state index in [-0.39, 0.29) is 0 Å². The molecule has 1 aromatic heterocycles. The third-order valence-electron chi connectivity index (χ3n) is 2.24. The highest BCUT2D eigenvalue weighted by Crippen LogP contribution is 2.28. The molecule has 3 heteroatoms. The van der Waals surface area contributed by atoms with Crippen molar-refractivity contribution in [3.8, 4) is 0 Å². The van der Waals surface area contributed by atoms with Gasteiger partial charge in [0.1, 0.15) is 0 Å². The summed E-state index contributed by atoms with van der Waals surface area (Å²) in [6, 6.07) is 5.68. The van der Waals surface area contributed by atoms with Crippen molar-refractivity contribution in [3.05, 3.63) is 46.6 Å². The van der Waals surface area contributed by atoms with Crippen molar-refractivity contribution in [1.29, 1.82) is 0 Å². The maximum atomic E-state index is 6.09. The zero-order valence-electron chi connectivity index (χ0n) is 8.43. The van der Waals surface area contributed by atoms with Gasteiger partial charge in [-0.1, -0.05) is 35.4 Å². The number of allylic oxidation sites excluding steroid dienone is 1. The van der Waals surface area contributed by atoms with Gasteiger partial charge in [-0.05, 0) is 25.1 Å². The summed E-state index contributed by atoms with van der Waals surface area (Å²) >= 11 is 12.1. The SMILES string of the molecule is C=C(C)Cn1ccc2c(Cl)cc(Cl)cc21. The first-order chi connectivity index (χ1) is 7.08. The van der Waals surface area contributed by atoms with Crippen LogP contribution >= 0.6 is 23.2 Å². The molecular formula is C12H11Cl2N. The minimum atomic E-state index is 0.661. The molecule has 0 N–H and O–H groups in total. The van der Waals surface area contributed by atoms with Crippen LogP contribution in [-0.2, 0) is 6.54 Å². The Labute approximate surface area is 98.9 Å². The Bertz CT molecular complexity index is 526. The van der Waals surface area contributed by atoms with Crippen molar-refractivity contribution >= 4 is 34.1 Å². The van der Waals surface area contributed by atoms with Crippen LogP contribution < -0.4 is 0 Å². The smallest absolute Gasteiger partial charge is 0.0514 e. The van der Waals surface area contributed by atoms with E-state index in [4.69, 9.17) is 23.2 Å². The molecule has 1 nitrogen and oxygen atoms in total. The maximum absolute atomic E-state index is 6.09. The van der Waals surface area contributed by atoms with Crippen LogP contribution in [0, 0.1) is 0 Å². The number of hydrogen-bond acceptors (Lipinski definition) is 0. The lowest BCUT2D eigenvalue weighted by Crippen LogP contribution is -1.95. The third-order valence-corrected chi connectivity index (χ3v) is 2.77. The Kier molecular flexibility index (Phi) is 2.76. The summed E-state index contributed by atoms with van der Waals surface area (Å²) in [5.74, 6) is 0. The average Bonchev–Trinajstić information content (AvgIpc) is 2.48. The van der Waals surface area contributed by atoms with E-state index in [0.717, 1.165) is 23.0 Å². The third kappa shape index (κ3) is 2.04. The van der Waals surface area contributed by atoms with Gasteiger partial charge >= 0.3 is 0 Å². The Morgan fingerprint density at radius 1 is 1.40 bits per heavy atom. The number of fused-ring (bicyclic) bond motifs is 1. The van der Waals surface area contributed by atoms with E-state index in [1.165, 1.54) is 0 Å². The molecule has 0 radical (unpaired) electrons. The van der Waals surface area contributed by atoms with Crippen LogP contribution in [0.25, 0.3) is 10.9 Å². The van der Waals surface area contributed by atoms with Crippen LogP contribution in [0.1, 0.15) is 6.92 Å². The maximum Gasteiger partial charge on any atom is 0.0514 e. The molecule has 0 spiro atoms. The predicted molar refractivity (Wildman–Crippen MR) is 66.8 cm³/mol. The molecule has 15 heavy (non-hydrogen) atoms. The van der Waals surface area contributed by atoms with Crippen LogP contribution in [-0.4, -0.2) is 4.57 Å². The van der Waals surface area contributed by atoms with Crippen molar-refractivity contribution in [1.82, 2.24) is 4.57 Å². The van der Waals surface area contributed by atoms with Crippen molar-refractivity contribution in [2.75, 3.05) is 0 Å². The Hall–Kier alpha value is -0.920. The fourth-order valence-electron chi connectivity index (χ4n) is 1.65. The summed E-state index contributed by atoms with van der Waals surface area (Å²) in [6.07, 6.45) is 2.00. The molecule has 0 atom stereocenters. The summed E-state index contributed by atoms with van der Waals surface area (Å²) in [6.45, 7) is 6.68. The first-order valence-corrected chi connectivity index (χ1v) is 5.42. The largest absolute Gasteiger partial charge is 0.343 e. The minimum absolute atomic E-state index is 0.661. The number of hydrogen-bond donors (Lipinski definition) is 0. The number of nitrogens with zero attached hydrogens (tertiary/aromatic N) is 1. The van der Waals surface area contributed by atoms with E-state index in [9.17, 15) is 0 Å². The van der Waals surface area contributed by atoms with E-state index in [2.05, 4.69) is 11.1 Å². The van der Waals surface area contributed by atoms with E-state index in [1.54, 1.807) is 6.07 Å². The van der Waals surface area contributed by atoms with Crippen molar-refractivity contribution in [3.63, 3.8) is 0 Å². The summed E-state index contributed by atoms with van der Waals surface area (Å²) < 4.78 is 2.09. The minimum Gasteiger partial charge on any atom is -0.343 e. The molecule has 0 bridgehead atoms. The van der Waals surface area contributed by atoms with Gasteiger partial charge in [-0.15, -0.1) is 0 Å². The van der Waals surface area contributed by atoms with Gasteiger partial charge in [0.15, 0.2) is 0 Å². The fraction of sp³-hybridized carbons (Fsp3) is 0.167. The molecule has 0 fully saturated rings. The van der Waals surface area contributed by atoms with Crippen LogP contribution in [0.2, 0.25) is 10.0 Å². The fourth-order valence-corrected chi connectivity index (χ4v) is 2.19. The van der Waals surface area contributed by atoms with Crippen LogP contribution in [0.3, 0.4) is 0 Å². The van der Waals surface area contributed by atoms with Crippen LogP contribution in [0.5, 0.6) is 0 Å². The average molecular weight is 240 g/mol. The molecule has 0 saturated carbocycles. The molecule has 0 aliphatic rings. The second kappa shape index (κ2) is 3.92. The highest BCUT2D eigenvalue weighted by atomic mass is 35.5. The first-order valence-electron chi connectivity index (χ1n) is 4.66. The van der Waals surface area contributed by atoms with Gasteiger partial charge in [0, 0.05) is 23.2 Å². The lowest BCUT2D eigenvalue weighted by Gasteiger charge is -2.05. The van der Waals surface area contributed by atoms with Crippen molar-refractivity contribution in [2.24, 2.45) is 0 Å². The van der Waals surface area contributed by atoms with E-state index < -0.39 is 0 Å². The summed E-state index contributed by atoms with van der Waals surface area (Å²) in [7, 11) is 0. The number of benzene rings is 1. The van der Waals surface area contributed by atoms with Crippen molar-refractivity contribution in [2.45, 2.75) is 13.5 Å². The highest BCUT2D eigenvalue weighted by Gasteiger charge is 2.06. The number of halogens is 2. The van der Waals surface area contributed by atoms with Gasteiger partial charge in [0.05, 0.1) is 10.5 Å². The molecule has 0 amide bonds. The van der Waals surface area contributed by atoms with Crippen molar-refractivity contribution < 1.29 is 0 Å². The normalized spacial score (nSPS) is 10.9. The summed E-state index contributed by atoms with van der Waals surface area (Å²) in [4.78, 5) is 0. The van der Waals surface area contributed by atoms with Gasteiger partial charge in [-0.2, -0.15) is 0 Å². The summed E-state index contributed by atoms with van der Waals surface area (Å²) in [5.41, 5.74) is 2.15. The standard InChI is InChI=1S/C12H11Cl2N/c1-8(2)7-15-4-3-10-11(14)5-9(13)6-12(10)15/h3-6H,1,7H2,2H3. The Balaban J connectivity index is 2.63. The molecule has 2 rings (SSSR count). The molecule has 0 saturated heterocycles. The second-order valence-corrected chi connectivity index (χ2v) is 4.56. The molecule has 0 aliphatic carbocycles. The quantitative estimate of drug-likeness (QED) is 0.680. The monoisotopic (exact) mass is 239 g/mol. The van der Waals surface area contributed by atoms with Gasteiger partial charge in [-0.3, -0.25) is 0 Å². The van der Waals surface area contributed by atoms with E-state index >= 15 is 0 Å². The highest BCUT2D eigenvalue weighted by molar-refractivity contribution is 6.38. The van der Waals surface area contributed by atoms with Gasteiger partial charge in [0.25, 0.3) is 0 Å². The zero-order chi connectivity index (χ0) is 11.0. The molecule has 1 aromatic carbocycles. The van der Waals surface area contributed by atoms with Crippen LogP contribution in [0.4, 0.5) is 0 Å². The first kappa shape index (κ1) is 10.6. The molecule has 2 aromatic rings. The Morgan fingerprint density at radius 3 is 2.80 bits per heavy atom. The summed E-state index contributed by atoms with van der Waals surface area (Å²) in [5, 5.41) is 2.38.